The molecule has 126 valence electrons. The van der Waals surface area contributed by atoms with Gasteiger partial charge in [-0.3, -0.25) is 4.79 Å². The molecular weight excluding hydrogens is 290 g/mol. The molecule has 23 heavy (non-hydrogen) atoms. The van der Waals surface area contributed by atoms with Gasteiger partial charge in [0.05, 0.1) is 0 Å². The van der Waals surface area contributed by atoms with Gasteiger partial charge in [-0.2, -0.15) is 0 Å². The number of hydrogen-bond acceptors (Lipinski definition) is 3. The third-order valence-electron chi connectivity index (χ3n) is 4.41. The van der Waals surface area contributed by atoms with E-state index >= 15 is 0 Å². The standard InChI is InChI=1S/C18H27N3O2/c1-14(22)16-5-4-6-17(13-16)19-18(23)21-11-8-15(9-12-21)7-10-20(2)3/h4-6,13,15H,7-12H2,1-3H3,(H,19,23). The van der Waals surface area contributed by atoms with Crippen LogP contribution in [0.2, 0.25) is 0 Å². The molecule has 2 rings (SSSR count). The van der Waals surface area contributed by atoms with Gasteiger partial charge in [-0.05, 0) is 64.9 Å². The van der Waals surface area contributed by atoms with Crippen LogP contribution >= 0.6 is 0 Å². The normalized spacial score (nSPS) is 15.7. The molecule has 0 aliphatic carbocycles. The monoisotopic (exact) mass is 317 g/mol. The Hall–Kier alpha value is -1.88. The van der Waals surface area contributed by atoms with Crippen molar-refractivity contribution in [3.63, 3.8) is 0 Å². The van der Waals surface area contributed by atoms with Crippen LogP contribution in [0.5, 0.6) is 0 Å². The lowest BCUT2D eigenvalue weighted by molar-refractivity contribution is 0.101. The highest BCUT2D eigenvalue weighted by Crippen LogP contribution is 2.21. The minimum atomic E-state index is -0.0724. The zero-order chi connectivity index (χ0) is 16.8. The lowest BCUT2D eigenvalue weighted by Crippen LogP contribution is -2.41. The molecule has 1 heterocycles. The number of likely N-dealkylation sites (tertiary alicyclic amines) is 1. The van der Waals surface area contributed by atoms with Gasteiger partial charge < -0.3 is 15.1 Å². The van der Waals surface area contributed by atoms with E-state index in [1.54, 1.807) is 18.2 Å². The summed E-state index contributed by atoms with van der Waals surface area (Å²) in [6, 6.07) is 7.02. The number of nitrogens with zero attached hydrogens (tertiary/aromatic N) is 2. The predicted octanol–water partition coefficient (Wildman–Crippen LogP) is 3.08. The summed E-state index contributed by atoms with van der Waals surface area (Å²) in [6.45, 7) is 4.24. The zero-order valence-corrected chi connectivity index (χ0v) is 14.3. The average molecular weight is 317 g/mol. The number of Topliss-reactive ketones (excluding diaryl/α,β-unsaturated/α-hetero) is 1. The van der Waals surface area contributed by atoms with Gasteiger partial charge in [0.25, 0.3) is 0 Å². The third-order valence-corrected chi connectivity index (χ3v) is 4.41. The van der Waals surface area contributed by atoms with E-state index in [2.05, 4.69) is 24.3 Å². The lowest BCUT2D eigenvalue weighted by atomic mass is 9.93. The van der Waals surface area contributed by atoms with Gasteiger partial charge in [-0.15, -0.1) is 0 Å². The van der Waals surface area contributed by atoms with Crippen molar-refractivity contribution in [1.82, 2.24) is 9.80 Å². The Morgan fingerprint density at radius 3 is 2.57 bits per heavy atom. The first-order chi connectivity index (χ1) is 11.0. The van der Waals surface area contributed by atoms with Crippen molar-refractivity contribution < 1.29 is 9.59 Å². The molecule has 0 unspecified atom stereocenters. The molecule has 2 amide bonds. The Bertz CT molecular complexity index is 549. The molecule has 5 heteroatoms. The first kappa shape index (κ1) is 17.5. The molecule has 0 aromatic heterocycles. The minimum Gasteiger partial charge on any atom is -0.325 e. The third kappa shape index (κ3) is 5.36. The van der Waals surface area contributed by atoms with Crippen LogP contribution in [-0.2, 0) is 0 Å². The molecule has 1 aliphatic rings. The second-order valence-electron chi connectivity index (χ2n) is 6.59. The molecule has 0 radical (unpaired) electrons. The summed E-state index contributed by atoms with van der Waals surface area (Å²) in [5, 5.41) is 2.90. The van der Waals surface area contributed by atoms with Crippen LogP contribution in [0.1, 0.15) is 36.5 Å². The fourth-order valence-corrected chi connectivity index (χ4v) is 2.88. The van der Waals surface area contributed by atoms with Crippen molar-refractivity contribution in [3.05, 3.63) is 29.8 Å². The molecule has 1 fully saturated rings. The van der Waals surface area contributed by atoms with E-state index < -0.39 is 0 Å². The summed E-state index contributed by atoms with van der Waals surface area (Å²) in [7, 11) is 4.19. The summed E-state index contributed by atoms with van der Waals surface area (Å²) >= 11 is 0. The second-order valence-corrected chi connectivity index (χ2v) is 6.59. The van der Waals surface area contributed by atoms with Crippen molar-refractivity contribution in [3.8, 4) is 0 Å². The van der Waals surface area contributed by atoms with Crippen molar-refractivity contribution in [2.24, 2.45) is 5.92 Å². The van der Waals surface area contributed by atoms with Crippen LogP contribution in [0, 0.1) is 5.92 Å². The quantitative estimate of drug-likeness (QED) is 0.849. The number of piperidine rings is 1. The van der Waals surface area contributed by atoms with Gasteiger partial charge in [-0.1, -0.05) is 12.1 Å². The van der Waals surface area contributed by atoms with Crippen LogP contribution in [0.25, 0.3) is 0 Å². The summed E-state index contributed by atoms with van der Waals surface area (Å²) in [5.74, 6) is 0.713. The number of nitrogens with one attached hydrogen (secondary N) is 1. The summed E-state index contributed by atoms with van der Waals surface area (Å²) < 4.78 is 0. The van der Waals surface area contributed by atoms with E-state index in [4.69, 9.17) is 0 Å². The van der Waals surface area contributed by atoms with Crippen molar-refractivity contribution in [1.29, 1.82) is 0 Å². The van der Waals surface area contributed by atoms with Crippen molar-refractivity contribution >= 4 is 17.5 Å². The Kier molecular flexibility index (Phi) is 6.16. The van der Waals surface area contributed by atoms with Crippen molar-refractivity contribution in [2.45, 2.75) is 26.2 Å². The van der Waals surface area contributed by atoms with E-state index in [1.165, 1.54) is 13.3 Å². The van der Waals surface area contributed by atoms with E-state index in [0.717, 1.165) is 32.5 Å². The van der Waals surface area contributed by atoms with Gasteiger partial charge in [0.2, 0.25) is 0 Å². The Morgan fingerprint density at radius 2 is 1.96 bits per heavy atom. The summed E-state index contributed by atoms with van der Waals surface area (Å²) in [4.78, 5) is 27.8. The average Bonchev–Trinajstić information content (AvgIpc) is 2.53. The zero-order valence-electron chi connectivity index (χ0n) is 14.3. The lowest BCUT2D eigenvalue weighted by Gasteiger charge is -2.32. The maximum Gasteiger partial charge on any atom is 0.321 e. The largest absolute Gasteiger partial charge is 0.325 e. The van der Waals surface area contributed by atoms with Crippen LogP contribution in [0.3, 0.4) is 0 Å². The molecule has 1 N–H and O–H groups in total. The van der Waals surface area contributed by atoms with E-state index in [0.29, 0.717) is 17.2 Å². The second kappa shape index (κ2) is 8.11. The highest BCUT2D eigenvalue weighted by atomic mass is 16.2. The predicted molar refractivity (Wildman–Crippen MR) is 92.9 cm³/mol. The number of anilines is 1. The van der Waals surface area contributed by atoms with Crippen LogP contribution in [0.15, 0.2) is 24.3 Å². The number of rotatable bonds is 5. The molecule has 1 aliphatic heterocycles. The highest BCUT2D eigenvalue weighted by Gasteiger charge is 2.22. The molecule has 1 saturated heterocycles. The van der Waals surface area contributed by atoms with Gasteiger partial charge >= 0.3 is 6.03 Å². The maximum atomic E-state index is 12.3. The molecule has 5 nitrogen and oxygen atoms in total. The molecule has 1 aromatic rings. The van der Waals surface area contributed by atoms with Gasteiger partial charge in [0.15, 0.2) is 5.78 Å². The summed E-state index contributed by atoms with van der Waals surface area (Å²) in [5.41, 5.74) is 1.29. The number of ketones is 1. The molecule has 0 bridgehead atoms. The molecular formula is C18H27N3O2. The number of hydrogen-bond donors (Lipinski definition) is 1. The van der Waals surface area contributed by atoms with Gasteiger partial charge in [0, 0.05) is 24.3 Å². The number of carbonyl (C=O) groups excluding carboxylic acids is 2. The van der Waals surface area contributed by atoms with E-state index in [-0.39, 0.29) is 11.8 Å². The Balaban J connectivity index is 1.83. The Labute approximate surface area is 138 Å². The molecule has 1 aromatic carbocycles. The maximum absolute atomic E-state index is 12.3. The number of benzene rings is 1. The molecule has 0 saturated carbocycles. The van der Waals surface area contributed by atoms with Crippen molar-refractivity contribution in [2.75, 3.05) is 39.0 Å². The first-order valence-electron chi connectivity index (χ1n) is 8.27. The molecule has 0 atom stereocenters. The fraction of sp³-hybridized carbons (Fsp3) is 0.556. The number of carbonyl (C=O) groups is 2. The summed E-state index contributed by atoms with van der Waals surface area (Å²) in [6.07, 6.45) is 3.33. The number of urea groups is 1. The highest BCUT2D eigenvalue weighted by molar-refractivity contribution is 5.96. The van der Waals surface area contributed by atoms with Gasteiger partial charge in [-0.25, -0.2) is 4.79 Å². The van der Waals surface area contributed by atoms with E-state index in [1.807, 2.05) is 11.0 Å². The van der Waals surface area contributed by atoms with Crippen LogP contribution in [0.4, 0.5) is 10.5 Å². The van der Waals surface area contributed by atoms with Crippen LogP contribution in [-0.4, -0.2) is 55.3 Å². The minimum absolute atomic E-state index is 0.00260. The smallest absolute Gasteiger partial charge is 0.321 e. The Morgan fingerprint density at radius 1 is 1.26 bits per heavy atom. The topological polar surface area (TPSA) is 52.7 Å². The first-order valence-corrected chi connectivity index (χ1v) is 8.27. The fourth-order valence-electron chi connectivity index (χ4n) is 2.88. The molecule has 0 spiro atoms. The number of amides is 2. The SMILES string of the molecule is CC(=O)c1cccc(NC(=O)N2CCC(CCN(C)C)CC2)c1. The van der Waals surface area contributed by atoms with E-state index in [9.17, 15) is 9.59 Å². The van der Waals surface area contributed by atoms with Gasteiger partial charge in [0.1, 0.15) is 0 Å². The van der Waals surface area contributed by atoms with Crippen LogP contribution < -0.4 is 5.32 Å².